The summed E-state index contributed by atoms with van der Waals surface area (Å²) >= 11 is 0. The summed E-state index contributed by atoms with van der Waals surface area (Å²) in [4.78, 5) is -0.316. The van der Waals surface area contributed by atoms with Gasteiger partial charge in [0.15, 0.2) is 23.3 Å². The fourth-order valence-electron chi connectivity index (χ4n) is 1.98. The lowest BCUT2D eigenvalue weighted by Crippen LogP contribution is -2.15. The lowest BCUT2D eigenvalue weighted by molar-refractivity contribution is 0.216. The van der Waals surface area contributed by atoms with E-state index >= 15 is 0 Å². The van der Waals surface area contributed by atoms with E-state index in [1.165, 1.54) is 24.3 Å². The average molecular weight is 366 g/mol. The normalized spacial score (nSPS) is 13.1. The highest BCUT2D eigenvalue weighted by molar-refractivity contribution is 7.86. The zero-order valence-electron chi connectivity index (χ0n) is 12.4. The van der Waals surface area contributed by atoms with Gasteiger partial charge in [-0.25, -0.2) is 22.0 Å². The van der Waals surface area contributed by atoms with Crippen molar-refractivity contribution in [2.24, 2.45) is 0 Å². The minimum Gasteiger partial charge on any atom is -0.258 e. The Morgan fingerprint density at radius 1 is 0.833 bits per heavy atom. The standard InChI is InChI=1S/C15H11F5O3S/c1-7-3-5-9(6-4-7)24(21,22)23-8(2)10-11(16)13(18)15(20)14(19)12(10)17/h3-6,8H,1-2H3. The Bertz CT molecular complexity index is 850. The van der Waals surface area contributed by atoms with E-state index in [0.717, 1.165) is 12.5 Å². The van der Waals surface area contributed by atoms with Gasteiger partial charge in [-0.15, -0.1) is 0 Å². The Labute approximate surface area is 134 Å². The second-order valence-electron chi connectivity index (χ2n) is 4.99. The van der Waals surface area contributed by atoms with Crippen molar-refractivity contribution in [2.45, 2.75) is 24.8 Å². The molecule has 1 atom stereocenters. The van der Waals surface area contributed by atoms with Gasteiger partial charge >= 0.3 is 0 Å². The van der Waals surface area contributed by atoms with Crippen LogP contribution >= 0.6 is 0 Å². The summed E-state index contributed by atoms with van der Waals surface area (Å²) in [5.41, 5.74) is -0.608. The summed E-state index contributed by atoms with van der Waals surface area (Å²) in [6, 6.07) is 5.30. The third-order valence-electron chi connectivity index (χ3n) is 3.23. The van der Waals surface area contributed by atoms with Crippen molar-refractivity contribution in [3.8, 4) is 0 Å². The second-order valence-corrected chi connectivity index (χ2v) is 6.56. The number of rotatable bonds is 4. The maximum atomic E-state index is 13.7. The van der Waals surface area contributed by atoms with Gasteiger partial charge in [0.2, 0.25) is 5.82 Å². The molecule has 2 aromatic rings. The Morgan fingerprint density at radius 3 is 1.71 bits per heavy atom. The predicted molar refractivity (Wildman–Crippen MR) is 74.1 cm³/mol. The van der Waals surface area contributed by atoms with E-state index in [9.17, 15) is 30.4 Å². The molecule has 1 unspecified atom stereocenters. The lowest BCUT2D eigenvalue weighted by atomic mass is 10.1. The summed E-state index contributed by atoms with van der Waals surface area (Å²) in [5, 5.41) is 0. The third kappa shape index (κ3) is 3.27. The fraction of sp³-hybridized carbons (Fsp3) is 0.200. The van der Waals surface area contributed by atoms with Crippen molar-refractivity contribution in [3.63, 3.8) is 0 Å². The van der Waals surface area contributed by atoms with Crippen molar-refractivity contribution in [1.29, 1.82) is 0 Å². The molecule has 0 saturated carbocycles. The quantitative estimate of drug-likeness (QED) is 0.353. The molecule has 0 aliphatic rings. The van der Waals surface area contributed by atoms with Crippen molar-refractivity contribution in [1.82, 2.24) is 0 Å². The minimum absolute atomic E-state index is 0.316. The zero-order chi connectivity index (χ0) is 18.2. The van der Waals surface area contributed by atoms with Gasteiger partial charge in [0, 0.05) is 0 Å². The molecular weight excluding hydrogens is 355 g/mol. The van der Waals surface area contributed by atoms with Gasteiger partial charge in [-0.3, -0.25) is 4.18 Å². The zero-order valence-corrected chi connectivity index (χ0v) is 13.2. The first-order chi connectivity index (χ1) is 11.1. The summed E-state index contributed by atoms with van der Waals surface area (Å²) in [5.74, 6) is -11.0. The number of halogens is 5. The van der Waals surface area contributed by atoms with Crippen molar-refractivity contribution in [2.75, 3.05) is 0 Å². The Kier molecular flexibility index (Phi) is 4.95. The monoisotopic (exact) mass is 366 g/mol. The minimum atomic E-state index is -4.47. The van der Waals surface area contributed by atoms with Crippen LogP contribution < -0.4 is 0 Å². The number of benzene rings is 2. The van der Waals surface area contributed by atoms with Crippen LogP contribution in [0.4, 0.5) is 22.0 Å². The summed E-state index contributed by atoms with van der Waals surface area (Å²) in [6.45, 7) is 2.57. The van der Waals surface area contributed by atoms with Crippen LogP contribution in [-0.2, 0) is 14.3 Å². The molecule has 0 spiro atoms. The highest BCUT2D eigenvalue weighted by Gasteiger charge is 2.31. The average Bonchev–Trinajstić information content (AvgIpc) is 2.51. The molecule has 0 radical (unpaired) electrons. The van der Waals surface area contributed by atoms with Crippen LogP contribution in [0.15, 0.2) is 29.2 Å². The SMILES string of the molecule is Cc1ccc(S(=O)(=O)OC(C)c2c(F)c(F)c(F)c(F)c2F)cc1. The van der Waals surface area contributed by atoms with Gasteiger partial charge in [-0.1, -0.05) is 17.7 Å². The van der Waals surface area contributed by atoms with E-state index in [1.54, 1.807) is 6.92 Å². The molecule has 9 heteroatoms. The van der Waals surface area contributed by atoms with Gasteiger partial charge < -0.3 is 0 Å². The molecule has 24 heavy (non-hydrogen) atoms. The topological polar surface area (TPSA) is 43.4 Å². The van der Waals surface area contributed by atoms with Crippen LogP contribution in [0.2, 0.25) is 0 Å². The fourth-order valence-corrected chi connectivity index (χ4v) is 3.03. The van der Waals surface area contributed by atoms with E-state index < -0.39 is 50.9 Å². The maximum absolute atomic E-state index is 13.7. The van der Waals surface area contributed by atoms with Crippen molar-refractivity contribution < 1.29 is 34.6 Å². The van der Waals surface area contributed by atoms with Gasteiger partial charge in [-0.2, -0.15) is 8.42 Å². The number of hydrogen-bond donors (Lipinski definition) is 0. The third-order valence-corrected chi connectivity index (χ3v) is 4.62. The van der Waals surface area contributed by atoms with Crippen molar-refractivity contribution >= 4 is 10.1 Å². The van der Waals surface area contributed by atoms with E-state index in [1.807, 2.05) is 0 Å². The summed E-state index contributed by atoms with van der Waals surface area (Å²) in [6.07, 6.45) is -1.93. The smallest absolute Gasteiger partial charge is 0.258 e. The molecule has 0 amide bonds. The van der Waals surface area contributed by atoms with Crippen LogP contribution in [0, 0.1) is 36.0 Å². The maximum Gasteiger partial charge on any atom is 0.297 e. The Hall–Kier alpha value is -2.00. The lowest BCUT2D eigenvalue weighted by Gasteiger charge is -2.16. The molecule has 2 aromatic carbocycles. The highest BCUT2D eigenvalue weighted by Crippen LogP contribution is 2.31. The van der Waals surface area contributed by atoms with E-state index in [2.05, 4.69) is 4.18 Å². The van der Waals surface area contributed by atoms with Gasteiger partial charge in [0.1, 0.15) is 6.10 Å². The van der Waals surface area contributed by atoms with Crippen LogP contribution in [-0.4, -0.2) is 8.42 Å². The molecule has 0 heterocycles. The number of aryl methyl sites for hydroxylation is 1. The molecule has 0 N–H and O–H groups in total. The Morgan fingerprint density at radius 2 is 1.25 bits per heavy atom. The van der Waals surface area contributed by atoms with E-state index in [-0.39, 0.29) is 4.90 Å². The molecule has 0 fully saturated rings. The molecule has 0 aliphatic carbocycles. The van der Waals surface area contributed by atoms with Gasteiger partial charge in [-0.05, 0) is 26.0 Å². The van der Waals surface area contributed by atoms with Crippen LogP contribution in [0.3, 0.4) is 0 Å². The van der Waals surface area contributed by atoms with Crippen molar-refractivity contribution in [3.05, 3.63) is 64.5 Å². The largest absolute Gasteiger partial charge is 0.297 e. The molecule has 0 saturated heterocycles. The molecular formula is C15H11F5O3S. The predicted octanol–water partition coefficient (Wildman–Crippen LogP) is 4.16. The second kappa shape index (κ2) is 6.48. The van der Waals surface area contributed by atoms with Gasteiger partial charge in [0.05, 0.1) is 10.5 Å². The van der Waals surface area contributed by atoms with Crippen LogP contribution in [0.1, 0.15) is 24.2 Å². The molecule has 0 aromatic heterocycles. The van der Waals surface area contributed by atoms with E-state index in [4.69, 9.17) is 0 Å². The first-order valence-electron chi connectivity index (χ1n) is 6.57. The summed E-state index contributed by atoms with van der Waals surface area (Å²) in [7, 11) is -4.47. The molecule has 0 bridgehead atoms. The highest BCUT2D eigenvalue weighted by atomic mass is 32.2. The summed E-state index contributed by atoms with van der Waals surface area (Å²) < 4.78 is 95.5. The molecule has 3 nitrogen and oxygen atoms in total. The number of hydrogen-bond acceptors (Lipinski definition) is 3. The first kappa shape index (κ1) is 18.3. The van der Waals surface area contributed by atoms with Crippen LogP contribution in [0.5, 0.6) is 0 Å². The molecule has 130 valence electrons. The molecule has 0 aliphatic heterocycles. The Balaban J connectivity index is 2.43. The van der Waals surface area contributed by atoms with Crippen LogP contribution in [0.25, 0.3) is 0 Å². The first-order valence-corrected chi connectivity index (χ1v) is 7.98. The van der Waals surface area contributed by atoms with Gasteiger partial charge in [0.25, 0.3) is 10.1 Å². The molecule has 2 rings (SSSR count). The van der Waals surface area contributed by atoms with E-state index in [0.29, 0.717) is 0 Å².